The molecule has 0 saturated carbocycles. The summed E-state index contributed by atoms with van der Waals surface area (Å²) in [5, 5.41) is 8.76. The molecule has 0 bridgehead atoms. The fourth-order valence-corrected chi connectivity index (χ4v) is 1.67. The second kappa shape index (κ2) is 4.51. The highest BCUT2D eigenvalue weighted by Gasteiger charge is 2.19. The lowest BCUT2D eigenvalue weighted by atomic mass is 10.0. The van der Waals surface area contributed by atoms with Crippen molar-refractivity contribution >= 4 is 5.97 Å². The fraction of sp³-hybridized carbons (Fsp3) is 0.364. The second-order valence-corrected chi connectivity index (χ2v) is 3.66. The van der Waals surface area contributed by atoms with E-state index in [0.29, 0.717) is 12.4 Å². The number of para-hydroxylation sites is 1. The van der Waals surface area contributed by atoms with Crippen molar-refractivity contribution in [2.24, 2.45) is 5.73 Å². The molecule has 16 heavy (non-hydrogen) atoms. The minimum atomic E-state index is -1.01. The number of carbonyl (C=O) groups is 1. The molecule has 1 atom stereocenters. The Morgan fingerprint density at radius 3 is 3.12 bits per heavy atom. The van der Waals surface area contributed by atoms with Crippen molar-refractivity contribution in [1.82, 2.24) is 0 Å². The van der Waals surface area contributed by atoms with Crippen molar-refractivity contribution in [1.29, 1.82) is 0 Å². The quantitative estimate of drug-likeness (QED) is 0.780. The van der Waals surface area contributed by atoms with Gasteiger partial charge in [0.05, 0.1) is 6.61 Å². The predicted octanol–water partition coefficient (Wildman–Crippen LogP) is 0.507. The van der Waals surface area contributed by atoms with E-state index in [4.69, 9.17) is 20.3 Å². The van der Waals surface area contributed by atoms with Gasteiger partial charge in [0, 0.05) is 12.0 Å². The Kier molecular flexibility index (Phi) is 3.07. The first-order valence-electron chi connectivity index (χ1n) is 4.98. The lowest BCUT2D eigenvalue weighted by Crippen LogP contribution is -2.32. The van der Waals surface area contributed by atoms with E-state index in [1.807, 2.05) is 18.2 Å². The van der Waals surface area contributed by atoms with E-state index in [0.717, 1.165) is 11.1 Å². The average Bonchev–Trinajstić information content (AvgIpc) is 2.29. The predicted molar refractivity (Wildman–Crippen MR) is 56.0 cm³/mol. The Bertz CT molecular complexity index is 405. The summed E-state index contributed by atoms with van der Waals surface area (Å²) in [6.07, 6.45) is 0.262. The Labute approximate surface area is 92.8 Å². The van der Waals surface area contributed by atoms with Crippen LogP contribution in [0.15, 0.2) is 18.2 Å². The summed E-state index contributed by atoms with van der Waals surface area (Å²) in [6.45, 7) is 0.692. The molecule has 1 aromatic carbocycles. The van der Waals surface area contributed by atoms with Crippen molar-refractivity contribution < 1.29 is 19.4 Å². The highest BCUT2D eigenvalue weighted by atomic mass is 16.7. The fourth-order valence-electron chi connectivity index (χ4n) is 1.67. The van der Waals surface area contributed by atoms with E-state index >= 15 is 0 Å². The highest BCUT2D eigenvalue weighted by Crippen LogP contribution is 2.28. The topological polar surface area (TPSA) is 81.8 Å². The van der Waals surface area contributed by atoms with E-state index in [1.165, 1.54) is 0 Å². The maximum absolute atomic E-state index is 10.7. The van der Waals surface area contributed by atoms with Gasteiger partial charge in [-0.1, -0.05) is 18.2 Å². The van der Waals surface area contributed by atoms with Crippen LogP contribution in [0.2, 0.25) is 0 Å². The van der Waals surface area contributed by atoms with Crippen molar-refractivity contribution in [2.75, 3.05) is 6.79 Å². The minimum Gasteiger partial charge on any atom is -0.480 e. The van der Waals surface area contributed by atoms with Crippen LogP contribution in [0.4, 0.5) is 0 Å². The first kappa shape index (κ1) is 10.9. The Morgan fingerprint density at radius 1 is 1.56 bits per heavy atom. The van der Waals surface area contributed by atoms with Crippen molar-refractivity contribution in [3.05, 3.63) is 29.3 Å². The highest BCUT2D eigenvalue weighted by molar-refractivity contribution is 5.73. The zero-order chi connectivity index (χ0) is 11.5. The van der Waals surface area contributed by atoms with Crippen LogP contribution >= 0.6 is 0 Å². The molecule has 1 unspecified atom stereocenters. The molecule has 1 aliphatic heterocycles. The molecule has 0 amide bonds. The van der Waals surface area contributed by atoms with E-state index in [-0.39, 0.29) is 13.2 Å². The number of ether oxygens (including phenoxy) is 2. The van der Waals surface area contributed by atoms with Crippen LogP contribution in [0, 0.1) is 0 Å². The van der Waals surface area contributed by atoms with Gasteiger partial charge in [0.25, 0.3) is 0 Å². The monoisotopic (exact) mass is 223 g/mol. The molecule has 0 aliphatic carbocycles. The number of carboxylic acid groups (broad SMARTS) is 1. The number of nitrogens with two attached hydrogens (primary N) is 1. The number of aliphatic carboxylic acids is 1. The average molecular weight is 223 g/mol. The zero-order valence-electron chi connectivity index (χ0n) is 8.68. The maximum Gasteiger partial charge on any atom is 0.320 e. The van der Waals surface area contributed by atoms with E-state index in [2.05, 4.69) is 0 Å². The summed E-state index contributed by atoms with van der Waals surface area (Å²) in [7, 11) is 0. The van der Waals surface area contributed by atoms with Crippen LogP contribution < -0.4 is 10.5 Å². The molecule has 0 radical (unpaired) electrons. The van der Waals surface area contributed by atoms with E-state index in [9.17, 15) is 4.79 Å². The molecule has 0 fully saturated rings. The first-order chi connectivity index (χ1) is 7.68. The van der Waals surface area contributed by atoms with Gasteiger partial charge in [-0.15, -0.1) is 0 Å². The summed E-state index contributed by atoms with van der Waals surface area (Å²) in [5.74, 6) is -0.296. The smallest absolute Gasteiger partial charge is 0.320 e. The Balaban J connectivity index is 2.24. The van der Waals surface area contributed by atoms with Gasteiger partial charge in [0.2, 0.25) is 0 Å². The summed E-state index contributed by atoms with van der Waals surface area (Å²) in [4.78, 5) is 10.7. The summed E-state index contributed by atoms with van der Waals surface area (Å²) in [5.41, 5.74) is 7.24. The lowest BCUT2D eigenvalue weighted by Gasteiger charge is -2.21. The normalized spacial score (nSPS) is 16.1. The number of hydrogen-bond donors (Lipinski definition) is 2. The molecule has 0 aromatic heterocycles. The standard InChI is InChI=1S/C11H13NO4/c12-9(11(13)14)4-7-2-1-3-8-5-15-6-16-10(7)8/h1-3,9H,4-6,12H2,(H,13,14). The third kappa shape index (κ3) is 2.15. The molecular formula is C11H13NO4. The summed E-state index contributed by atoms with van der Waals surface area (Å²) < 4.78 is 10.5. The van der Waals surface area contributed by atoms with Gasteiger partial charge in [-0.25, -0.2) is 0 Å². The number of benzene rings is 1. The molecule has 5 heteroatoms. The van der Waals surface area contributed by atoms with Gasteiger partial charge in [-0.2, -0.15) is 0 Å². The van der Waals surface area contributed by atoms with Crippen LogP contribution in [0.25, 0.3) is 0 Å². The SMILES string of the molecule is NC(Cc1cccc2c1OCOC2)C(=O)O. The first-order valence-corrected chi connectivity index (χ1v) is 4.98. The number of rotatable bonds is 3. The van der Waals surface area contributed by atoms with Crippen molar-refractivity contribution in [3.63, 3.8) is 0 Å². The van der Waals surface area contributed by atoms with E-state index in [1.54, 1.807) is 0 Å². The maximum atomic E-state index is 10.7. The third-order valence-electron chi connectivity index (χ3n) is 2.48. The number of hydrogen-bond acceptors (Lipinski definition) is 4. The molecule has 1 aliphatic rings. The third-order valence-corrected chi connectivity index (χ3v) is 2.48. The summed E-state index contributed by atoms with van der Waals surface area (Å²) >= 11 is 0. The molecule has 86 valence electrons. The molecular weight excluding hydrogens is 210 g/mol. The molecule has 2 rings (SSSR count). The van der Waals surface area contributed by atoms with Gasteiger partial charge in [0.15, 0.2) is 6.79 Å². The van der Waals surface area contributed by atoms with Crippen molar-refractivity contribution in [2.45, 2.75) is 19.1 Å². The Hall–Kier alpha value is -1.59. The van der Waals surface area contributed by atoms with E-state index < -0.39 is 12.0 Å². The van der Waals surface area contributed by atoms with Gasteiger partial charge >= 0.3 is 5.97 Å². The molecule has 0 spiro atoms. The number of fused-ring (bicyclic) bond motifs is 1. The molecule has 0 saturated heterocycles. The van der Waals surface area contributed by atoms with Gasteiger partial charge in [-0.05, 0) is 5.56 Å². The van der Waals surface area contributed by atoms with Gasteiger partial charge in [-0.3, -0.25) is 4.79 Å². The van der Waals surface area contributed by atoms with Crippen LogP contribution in [0.3, 0.4) is 0 Å². The molecule has 1 heterocycles. The molecule has 3 N–H and O–H groups in total. The van der Waals surface area contributed by atoms with Crippen LogP contribution in [-0.2, 0) is 22.6 Å². The lowest BCUT2D eigenvalue weighted by molar-refractivity contribution is -0.138. The van der Waals surface area contributed by atoms with Gasteiger partial charge < -0.3 is 20.3 Å². The second-order valence-electron chi connectivity index (χ2n) is 3.66. The minimum absolute atomic E-state index is 0.201. The summed E-state index contributed by atoms with van der Waals surface area (Å²) in [6, 6.07) is 4.66. The van der Waals surface area contributed by atoms with Gasteiger partial charge in [0.1, 0.15) is 11.8 Å². The van der Waals surface area contributed by atoms with Crippen LogP contribution in [0.5, 0.6) is 5.75 Å². The van der Waals surface area contributed by atoms with Crippen molar-refractivity contribution in [3.8, 4) is 5.75 Å². The number of carboxylic acids is 1. The Morgan fingerprint density at radius 2 is 2.38 bits per heavy atom. The van der Waals surface area contributed by atoms with Crippen LogP contribution in [0.1, 0.15) is 11.1 Å². The molecule has 1 aromatic rings. The zero-order valence-corrected chi connectivity index (χ0v) is 8.68. The molecule has 5 nitrogen and oxygen atoms in total. The largest absolute Gasteiger partial charge is 0.480 e. The van der Waals surface area contributed by atoms with Crippen LogP contribution in [-0.4, -0.2) is 23.9 Å².